The highest BCUT2D eigenvalue weighted by Gasteiger charge is 2.18. The van der Waals surface area contributed by atoms with Crippen molar-refractivity contribution in [3.8, 4) is 16.9 Å². The number of rotatable bonds is 7. The number of furan rings is 1. The van der Waals surface area contributed by atoms with E-state index >= 15 is 0 Å². The van der Waals surface area contributed by atoms with Crippen LogP contribution in [-0.2, 0) is 24.4 Å². The van der Waals surface area contributed by atoms with Gasteiger partial charge in [0.1, 0.15) is 23.8 Å². The molecule has 0 radical (unpaired) electrons. The minimum absolute atomic E-state index is 0.0500. The molecule has 6 nitrogen and oxygen atoms in total. The van der Waals surface area contributed by atoms with Gasteiger partial charge in [0.2, 0.25) is 0 Å². The lowest BCUT2D eigenvalue weighted by Crippen LogP contribution is -2.05. The molecule has 0 aliphatic rings. The van der Waals surface area contributed by atoms with Crippen LogP contribution in [0.5, 0.6) is 5.75 Å². The Labute approximate surface area is 180 Å². The van der Waals surface area contributed by atoms with Crippen LogP contribution < -0.4 is 10.5 Å². The van der Waals surface area contributed by atoms with Crippen LogP contribution in [0.15, 0.2) is 53.1 Å². The van der Waals surface area contributed by atoms with Gasteiger partial charge in [-0.15, -0.1) is 0 Å². The Morgan fingerprint density at radius 3 is 2.66 bits per heavy atom. The molecule has 0 bridgehead atoms. The molecule has 32 heavy (non-hydrogen) atoms. The van der Waals surface area contributed by atoms with Crippen molar-refractivity contribution in [2.24, 2.45) is 5.73 Å². The maximum Gasteiger partial charge on any atom is 0.307 e. The predicted octanol–water partition coefficient (Wildman–Crippen LogP) is 4.58. The normalized spacial score (nSPS) is 11.1. The molecule has 3 N–H and O–H groups in total. The summed E-state index contributed by atoms with van der Waals surface area (Å²) in [6.45, 7) is -0.181. The predicted molar refractivity (Wildman–Crippen MR) is 109 cm³/mol. The molecule has 9 heteroatoms. The molecule has 164 valence electrons. The largest absolute Gasteiger partial charge is 0.489 e. The Morgan fingerprint density at radius 1 is 1.09 bits per heavy atom. The Balaban J connectivity index is 1.74. The number of nitrogens with two attached hydrogens (primary N) is 1. The van der Waals surface area contributed by atoms with Gasteiger partial charge in [0, 0.05) is 40.9 Å². The van der Waals surface area contributed by atoms with E-state index in [2.05, 4.69) is 4.98 Å². The second-order valence-electron chi connectivity index (χ2n) is 7.05. The first-order valence-electron chi connectivity index (χ1n) is 9.54. The first-order valence-corrected chi connectivity index (χ1v) is 9.54. The van der Waals surface area contributed by atoms with E-state index in [4.69, 9.17) is 20.0 Å². The van der Waals surface area contributed by atoms with Crippen molar-refractivity contribution in [1.29, 1.82) is 0 Å². The fourth-order valence-electron chi connectivity index (χ4n) is 3.46. The topological polar surface area (TPSA) is 98.6 Å². The van der Waals surface area contributed by atoms with E-state index < -0.39 is 30.0 Å². The molecule has 0 saturated heterocycles. The fraction of sp³-hybridized carbons (Fsp3) is 0.130. The molecule has 0 unspecified atom stereocenters. The third-order valence-electron chi connectivity index (χ3n) is 4.85. The molecule has 0 aliphatic carbocycles. The van der Waals surface area contributed by atoms with Gasteiger partial charge in [-0.2, -0.15) is 4.39 Å². The maximum atomic E-state index is 14.9. The average molecular weight is 442 g/mol. The van der Waals surface area contributed by atoms with Gasteiger partial charge in [-0.05, 0) is 42.0 Å². The molecule has 4 aromatic rings. The number of benzene rings is 2. The molecule has 4 rings (SSSR count). The van der Waals surface area contributed by atoms with Gasteiger partial charge in [-0.25, -0.2) is 8.78 Å². The van der Waals surface area contributed by atoms with Crippen molar-refractivity contribution in [3.63, 3.8) is 0 Å². The van der Waals surface area contributed by atoms with Crippen LogP contribution in [0.2, 0.25) is 0 Å². The third-order valence-corrected chi connectivity index (χ3v) is 4.85. The van der Waals surface area contributed by atoms with Gasteiger partial charge < -0.3 is 20.0 Å². The molecule has 0 spiro atoms. The van der Waals surface area contributed by atoms with E-state index in [9.17, 15) is 18.0 Å². The molecule has 0 amide bonds. The molecular formula is C23H17F3N2O4. The third kappa shape index (κ3) is 4.28. The lowest BCUT2D eigenvalue weighted by molar-refractivity contribution is -0.136. The minimum Gasteiger partial charge on any atom is -0.489 e. The highest BCUT2D eigenvalue weighted by molar-refractivity contribution is 5.93. The zero-order valence-corrected chi connectivity index (χ0v) is 16.6. The Bertz CT molecular complexity index is 1320. The first kappa shape index (κ1) is 21.4. The van der Waals surface area contributed by atoms with Gasteiger partial charge in [-0.1, -0.05) is 0 Å². The van der Waals surface area contributed by atoms with Crippen LogP contribution in [0.1, 0.15) is 16.8 Å². The van der Waals surface area contributed by atoms with Crippen LogP contribution in [0.3, 0.4) is 0 Å². The molecule has 0 aliphatic heterocycles. The zero-order chi connectivity index (χ0) is 22.8. The van der Waals surface area contributed by atoms with Crippen molar-refractivity contribution in [2.45, 2.75) is 19.6 Å². The van der Waals surface area contributed by atoms with Crippen LogP contribution >= 0.6 is 0 Å². The van der Waals surface area contributed by atoms with Crippen molar-refractivity contribution in [1.82, 2.24) is 4.98 Å². The molecule has 2 aromatic heterocycles. The van der Waals surface area contributed by atoms with Gasteiger partial charge in [0.15, 0.2) is 5.82 Å². The molecule has 2 aromatic carbocycles. The molecule has 0 atom stereocenters. The summed E-state index contributed by atoms with van der Waals surface area (Å²) < 4.78 is 53.1. The van der Waals surface area contributed by atoms with E-state index in [0.717, 1.165) is 12.1 Å². The zero-order valence-electron chi connectivity index (χ0n) is 16.6. The number of ether oxygens (including phenoxy) is 1. The Morgan fingerprint density at radius 2 is 1.91 bits per heavy atom. The standard InChI is InChI=1S/C23H17F3N2O4/c24-15-1-2-19(13(7-15)9-21(29)30)31-11-12-5-14-8-20(25)32-23(14)17(6-12)16-3-4-28-18(10-27)22(16)26/h1-8H,9-11,27H2,(H,29,30). The van der Waals surface area contributed by atoms with Gasteiger partial charge in [-0.3, -0.25) is 9.78 Å². The van der Waals surface area contributed by atoms with E-state index in [-0.39, 0.29) is 46.9 Å². The average Bonchev–Trinajstić information content (AvgIpc) is 3.12. The molecular weight excluding hydrogens is 425 g/mol. The second kappa shape index (κ2) is 8.72. The summed E-state index contributed by atoms with van der Waals surface area (Å²) in [4.78, 5) is 15.0. The number of fused-ring (bicyclic) bond motifs is 1. The van der Waals surface area contributed by atoms with E-state index in [0.29, 0.717) is 10.9 Å². The van der Waals surface area contributed by atoms with Crippen molar-refractivity contribution in [2.75, 3.05) is 0 Å². The number of carbonyl (C=O) groups is 1. The summed E-state index contributed by atoms with van der Waals surface area (Å²) in [5.74, 6) is -2.18. The van der Waals surface area contributed by atoms with Gasteiger partial charge in [0.25, 0.3) is 6.01 Å². The number of aromatic nitrogens is 1. The van der Waals surface area contributed by atoms with Crippen LogP contribution in [0.25, 0.3) is 22.1 Å². The highest BCUT2D eigenvalue weighted by Crippen LogP contribution is 2.34. The summed E-state index contributed by atoms with van der Waals surface area (Å²) >= 11 is 0. The summed E-state index contributed by atoms with van der Waals surface area (Å²) in [7, 11) is 0. The summed E-state index contributed by atoms with van der Waals surface area (Å²) in [5, 5.41) is 9.43. The second-order valence-corrected chi connectivity index (χ2v) is 7.05. The first-order chi connectivity index (χ1) is 15.4. The number of aliphatic carboxylic acids is 1. The van der Waals surface area contributed by atoms with Crippen LogP contribution in [0, 0.1) is 17.6 Å². The summed E-state index contributed by atoms with van der Waals surface area (Å²) in [5.41, 5.74) is 6.85. The number of carboxylic acids is 1. The molecule has 2 heterocycles. The number of carboxylic acid groups (broad SMARTS) is 1. The van der Waals surface area contributed by atoms with E-state index in [1.54, 1.807) is 12.1 Å². The molecule has 0 saturated carbocycles. The lowest BCUT2D eigenvalue weighted by atomic mass is 10.00. The summed E-state index contributed by atoms with van der Waals surface area (Å²) in [6.07, 6.45) is 0.972. The lowest BCUT2D eigenvalue weighted by Gasteiger charge is -2.13. The van der Waals surface area contributed by atoms with Crippen molar-refractivity contribution < 1.29 is 32.2 Å². The summed E-state index contributed by atoms with van der Waals surface area (Å²) in [6, 6.07) is 8.51. The molecule has 0 fully saturated rings. The van der Waals surface area contributed by atoms with E-state index in [1.807, 2.05) is 0 Å². The minimum atomic E-state index is -1.14. The number of hydrogen-bond donors (Lipinski definition) is 2. The highest BCUT2D eigenvalue weighted by atomic mass is 19.1. The van der Waals surface area contributed by atoms with Gasteiger partial charge >= 0.3 is 5.97 Å². The quantitative estimate of drug-likeness (QED) is 0.435. The van der Waals surface area contributed by atoms with Crippen molar-refractivity contribution in [3.05, 3.63) is 83.1 Å². The van der Waals surface area contributed by atoms with Crippen LogP contribution in [-0.4, -0.2) is 16.1 Å². The maximum absolute atomic E-state index is 14.9. The SMILES string of the molecule is NCc1nccc(-c2cc(COc3ccc(F)cc3CC(=O)O)cc3cc(F)oc23)c1F. The number of nitrogens with zero attached hydrogens (tertiary/aromatic N) is 1. The fourth-order valence-corrected chi connectivity index (χ4v) is 3.46. The number of hydrogen-bond acceptors (Lipinski definition) is 5. The Kier molecular flexibility index (Phi) is 5.83. The van der Waals surface area contributed by atoms with Gasteiger partial charge in [0.05, 0.1) is 12.1 Å². The Hall–Kier alpha value is -3.85. The smallest absolute Gasteiger partial charge is 0.307 e. The number of halogens is 3. The number of pyridine rings is 1. The van der Waals surface area contributed by atoms with E-state index in [1.165, 1.54) is 24.4 Å². The van der Waals surface area contributed by atoms with Crippen molar-refractivity contribution >= 4 is 16.9 Å². The monoisotopic (exact) mass is 442 g/mol. The van der Waals surface area contributed by atoms with Crippen LogP contribution in [0.4, 0.5) is 13.2 Å².